The van der Waals surface area contributed by atoms with E-state index in [4.69, 9.17) is 11.6 Å². The summed E-state index contributed by atoms with van der Waals surface area (Å²) in [6.07, 6.45) is 3.92. The zero-order chi connectivity index (χ0) is 12.4. The molecule has 1 fully saturated rings. The van der Waals surface area contributed by atoms with E-state index in [9.17, 15) is 0 Å². The molecule has 1 aliphatic rings. The first kappa shape index (κ1) is 12.2. The van der Waals surface area contributed by atoms with Crippen molar-refractivity contribution in [3.63, 3.8) is 0 Å². The highest BCUT2D eigenvalue weighted by molar-refractivity contribution is 7.11. The Morgan fingerprint density at radius 2 is 2.11 bits per heavy atom. The van der Waals surface area contributed by atoms with Gasteiger partial charge in [-0.3, -0.25) is 0 Å². The van der Waals surface area contributed by atoms with Gasteiger partial charge in [-0.2, -0.15) is 4.37 Å². The van der Waals surface area contributed by atoms with Crippen LogP contribution in [0.25, 0.3) is 10.9 Å². The molecule has 2 nitrogen and oxygen atoms in total. The normalized spacial score (nSPS) is 23.6. The number of aromatic nitrogens is 1. The number of benzene rings is 1. The molecule has 4 heteroatoms. The lowest BCUT2D eigenvalue weighted by Crippen LogP contribution is -2.19. The number of nitrogens with one attached hydrogen (secondary N) is 1. The van der Waals surface area contributed by atoms with Crippen LogP contribution in [0.1, 0.15) is 19.3 Å². The van der Waals surface area contributed by atoms with Crippen LogP contribution in [0.15, 0.2) is 24.3 Å². The van der Waals surface area contributed by atoms with Crippen LogP contribution in [0, 0.1) is 11.8 Å². The Labute approximate surface area is 117 Å². The van der Waals surface area contributed by atoms with Gasteiger partial charge in [-0.25, -0.2) is 0 Å². The molecular weight excluding hydrogens is 264 g/mol. The van der Waals surface area contributed by atoms with Crippen LogP contribution in [-0.2, 0) is 0 Å². The number of halogens is 1. The zero-order valence-electron chi connectivity index (χ0n) is 10.2. The van der Waals surface area contributed by atoms with Crippen molar-refractivity contribution >= 4 is 39.0 Å². The molecular formula is C14H17ClN2S. The fourth-order valence-corrected chi connectivity index (χ4v) is 4.00. The third-order valence-electron chi connectivity index (χ3n) is 3.92. The van der Waals surface area contributed by atoms with E-state index in [2.05, 4.69) is 27.9 Å². The summed E-state index contributed by atoms with van der Waals surface area (Å²) in [7, 11) is 0. The molecule has 0 amide bonds. The Balaban J connectivity index is 1.69. The van der Waals surface area contributed by atoms with Gasteiger partial charge in [-0.05, 0) is 48.3 Å². The number of nitrogens with zero attached hydrogens (tertiary/aromatic N) is 1. The smallest absolute Gasteiger partial charge is 0.117 e. The van der Waals surface area contributed by atoms with Crippen LogP contribution >= 0.6 is 23.1 Å². The first-order valence-electron chi connectivity index (χ1n) is 6.52. The minimum atomic E-state index is 0.693. The van der Waals surface area contributed by atoms with Gasteiger partial charge in [0.15, 0.2) is 0 Å². The first-order chi connectivity index (χ1) is 8.88. The number of hydrogen-bond donors (Lipinski definition) is 1. The van der Waals surface area contributed by atoms with Gasteiger partial charge in [0.05, 0.1) is 5.52 Å². The Hall–Kier alpha value is -0.800. The van der Waals surface area contributed by atoms with E-state index >= 15 is 0 Å². The standard InChI is InChI=1S/C14H17ClN2S/c15-8-10-4-3-5-11(10)9-16-14-12-6-1-2-7-13(12)17-18-14/h1-2,6-7,10-11,16H,3-5,8-9H2. The number of anilines is 1. The van der Waals surface area contributed by atoms with Crippen molar-refractivity contribution in [1.29, 1.82) is 0 Å². The van der Waals surface area contributed by atoms with Gasteiger partial charge < -0.3 is 5.32 Å². The Morgan fingerprint density at radius 1 is 1.28 bits per heavy atom. The maximum atomic E-state index is 6.02. The second-order valence-electron chi connectivity index (χ2n) is 5.02. The van der Waals surface area contributed by atoms with E-state index in [1.165, 1.54) is 29.6 Å². The lowest BCUT2D eigenvalue weighted by molar-refractivity contribution is 0.445. The summed E-state index contributed by atoms with van der Waals surface area (Å²) in [4.78, 5) is 0. The molecule has 2 atom stereocenters. The van der Waals surface area contributed by atoms with Gasteiger partial charge in [-0.1, -0.05) is 18.6 Å². The molecule has 1 aromatic carbocycles. The summed E-state index contributed by atoms with van der Waals surface area (Å²) in [6.45, 7) is 1.03. The Kier molecular flexibility index (Phi) is 3.71. The van der Waals surface area contributed by atoms with E-state index in [1.54, 1.807) is 11.5 Å². The monoisotopic (exact) mass is 280 g/mol. The van der Waals surface area contributed by atoms with Crippen molar-refractivity contribution < 1.29 is 0 Å². The molecule has 1 heterocycles. The fourth-order valence-electron chi connectivity index (χ4n) is 2.83. The summed E-state index contributed by atoms with van der Waals surface area (Å²) in [5.74, 6) is 2.22. The maximum absolute atomic E-state index is 6.02. The molecule has 1 aliphatic carbocycles. The molecule has 2 unspecified atom stereocenters. The van der Waals surface area contributed by atoms with E-state index < -0.39 is 0 Å². The average molecular weight is 281 g/mol. The van der Waals surface area contributed by atoms with Crippen LogP contribution in [0.4, 0.5) is 5.00 Å². The summed E-state index contributed by atoms with van der Waals surface area (Å²) in [5, 5.41) is 6.01. The minimum absolute atomic E-state index is 0.693. The molecule has 0 aliphatic heterocycles. The van der Waals surface area contributed by atoms with E-state index in [0.717, 1.165) is 23.9 Å². The number of rotatable bonds is 4. The van der Waals surface area contributed by atoms with Crippen molar-refractivity contribution in [1.82, 2.24) is 4.37 Å². The molecule has 0 saturated heterocycles. The third kappa shape index (κ3) is 2.34. The lowest BCUT2D eigenvalue weighted by atomic mass is 9.98. The Morgan fingerprint density at radius 3 is 3.00 bits per heavy atom. The Bertz CT molecular complexity index is 525. The highest BCUT2D eigenvalue weighted by Gasteiger charge is 2.26. The summed E-state index contributed by atoms with van der Waals surface area (Å²) >= 11 is 7.58. The second-order valence-corrected chi connectivity index (χ2v) is 6.10. The van der Waals surface area contributed by atoms with Crippen molar-refractivity contribution in [3.8, 4) is 0 Å². The van der Waals surface area contributed by atoms with Gasteiger partial charge in [0, 0.05) is 17.8 Å². The van der Waals surface area contributed by atoms with Gasteiger partial charge in [0.2, 0.25) is 0 Å². The van der Waals surface area contributed by atoms with Crippen LogP contribution in [0.5, 0.6) is 0 Å². The predicted molar refractivity (Wildman–Crippen MR) is 79.7 cm³/mol. The van der Waals surface area contributed by atoms with Gasteiger partial charge in [0.25, 0.3) is 0 Å². The van der Waals surface area contributed by atoms with Crippen LogP contribution in [0.2, 0.25) is 0 Å². The fraction of sp³-hybridized carbons (Fsp3) is 0.500. The topological polar surface area (TPSA) is 24.9 Å². The SMILES string of the molecule is ClCC1CCCC1CNc1snc2ccccc12. The van der Waals surface area contributed by atoms with E-state index in [-0.39, 0.29) is 0 Å². The molecule has 96 valence electrons. The molecule has 2 aromatic rings. The number of alkyl halides is 1. The second kappa shape index (κ2) is 5.45. The highest BCUT2D eigenvalue weighted by atomic mass is 35.5. The van der Waals surface area contributed by atoms with Crippen LogP contribution in [-0.4, -0.2) is 16.8 Å². The van der Waals surface area contributed by atoms with Crippen molar-refractivity contribution in [3.05, 3.63) is 24.3 Å². The summed E-state index contributed by atoms with van der Waals surface area (Å²) < 4.78 is 4.46. The molecule has 1 N–H and O–H groups in total. The van der Waals surface area contributed by atoms with Gasteiger partial charge in [-0.15, -0.1) is 11.6 Å². The third-order valence-corrected chi connectivity index (χ3v) is 5.15. The average Bonchev–Trinajstić information content (AvgIpc) is 3.02. The lowest BCUT2D eigenvalue weighted by Gasteiger charge is -2.17. The number of fused-ring (bicyclic) bond motifs is 1. The molecule has 0 spiro atoms. The van der Waals surface area contributed by atoms with Crippen molar-refractivity contribution in [2.45, 2.75) is 19.3 Å². The summed E-state index contributed by atoms with van der Waals surface area (Å²) in [5.41, 5.74) is 1.09. The zero-order valence-corrected chi connectivity index (χ0v) is 11.8. The van der Waals surface area contributed by atoms with Crippen molar-refractivity contribution in [2.75, 3.05) is 17.7 Å². The minimum Gasteiger partial charge on any atom is -0.375 e. The largest absolute Gasteiger partial charge is 0.375 e. The van der Waals surface area contributed by atoms with E-state index in [0.29, 0.717) is 5.92 Å². The molecule has 1 saturated carbocycles. The molecule has 18 heavy (non-hydrogen) atoms. The highest BCUT2D eigenvalue weighted by Crippen LogP contribution is 2.34. The molecule has 0 bridgehead atoms. The summed E-state index contributed by atoms with van der Waals surface area (Å²) in [6, 6.07) is 8.30. The molecule has 1 aromatic heterocycles. The quantitative estimate of drug-likeness (QED) is 0.842. The van der Waals surface area contributed by atoms with Gasteiger partial charge in [0.1, 0.15) is 5.00 Å². The molecule has 3 rings (SSSR count). The van der Waals surface area contributed by atoms with Gasteiger partial charge >= 0.3 is 0 Å². The van der Waals surface area contributed by atoms with E-state index in [1.807, 2.05) is 6.07 Å². The maximum Gasteiger partial charge on any atom is 0.117 e. The number of hydrogen-bond acceptors (Lipinski definition) is 3. The predicted octanol–water partition coefficient (Wildman–Crippen LogP) is 4.36. The van der Waals surface area contributed by atoms with Crippen molar-refractivity contribution in [2.24, 2.45) is 11.8 Å². The molecule has 0 radical (unpaired) electrons. The van der Waals surface area contributed by atoms with Crippen LogP contribution in [0.3, 0.4) is 0 Å². The van der Waals surface area contributed by atoms with Crippen LogP contribution < -0.4 is 5.32 Å². The first-order valence-corrected chi connectivity index (χ1v) is 7.83.